The molecule has 64 valence electrons. The van der Waals surface area contributed by atoms with Crippen LogP contribution in [0.5, 0.6) is 11.5 Å². The fraction of sp³-hybridized carbons (Fsp3) is 0.250. The van der Waals surface area contributed by atoms with E-state index in [2.05, 4.69) is 15.9 Å². The molecule has 0 unspecified atom stereocenters. The molecule has 0 N–H and O–H groups in total. The van der Waals surface area contributed by atoms with Crippen molar-refractivity contribution >= 4 is 15.9 Å². The lowest BCUT2D eigenvalue weighted by atomic mass is 10.3. The number of hydrogen-bond donors (Lipinski definition) is 0. The smallest absolute Gasteiger partial charge is 0.198 e. The van der Waals surface area contributed by atoms with Crippen LogP contribution in [-0.2, 0) is 0 Å². The summed E-state index contributed by atoms with van der Waals surface area (Å²) in [4.78, 5) is 0. The van der Waals surface area contributed by atoms with Gasteiger partial charge in [-0.2, -0.15) is 0 Å². The first-order valence-corrected chi connectivity index (χ1v) is 4.32. The van der Waals surface area contributed by atoms with Gasteiger partial charge in [0.1, 0.15) is 13.2 Å². The zero-order chi connectivity index (χ0) is 8.55. The Morgan fingerprint density at radius 2 is 2.00 bits per heavy atom. The van der Waals surface area contributed by atoms with Crippen molar-refractivity contribution in [1.82, 2.24) is 0 Å². The Morgan fingerprint density at radius 3 is 2.83 bits per heavy atom. The molecule has 0 bridgehead atoms. The van der Waals surface area contributed by atoms with Gasteiger partial charge in [-0.3, -0.25) is 0 Å². The van der Waals surface area contributed by atoms with E-state index in [-0.39, 0.29) is 5.75 Å². The molecule has 0 amide bonds. The highest BCUT2D eigenvalue weighted by Crippen LogP contribution is 2.36. The maximum absolute atomic E-state index is 13.2. The van der Waals surface area contributed by atoms with Gasteiger partial charge >= 0.3 is 0 Å². The van der Waals surface area contributed by atoms with Crippen molar-refractivity contribution in [2.24, 2.45) is 0 Å². The van der Waals surface area contributed by atoms with Crippen LogP contribution < -0.4 is 9.47 Å². The molecule has 0 saturated carbocycles. The Bertz CT molecular complexity index is 314. The van der Waals surface area contributed by atoms with E-state index in [4.69, 9.17) is 9.47 Å². The number of fused-ring (bicyclic) bond motifs is 1. The summed E-state index contributed by atoms with van der Waals surface area (Å²) in [6.07, 6.45) is 0. The molecule has 0 aromatic heterocycles. The van der Waals surface area contributed by atoms with E-state index < -0.39 is 5.82 Å². The Balaban J connectivity index is 2.54. The van der Waals surface area contributed by atoms with Gasteiger partial charge in [0.15, 0.2) is 17.3 Å². The van der Waals surface area contributed by atoms with E-state index in [0.29, 0.717) is 23.4 Å². The minimum absolute atomic E-state index is 0.204. The second-order valence-electron chi connectivity index (χ2n) is 2.39. The minimum atomic E-state index is -0.396. The molecule has 4 heteroatoms. The summed E-state index contributed by atoms with van der Waals surface area (Å²) in [5.41, 5.74) is 0. The van der Waals surface area contributed by atoms with Gasteiger partial charge in [-0.1, -0.05) is 0 Å². The molecule has 0 fully saturated rings. The van der Waals surface area contributed by atoms with E-state index in [9.17, 15) is 4.39 Å². The average molecular weight is 233 g/mol. The minimum Gasteiger partial charge on any atom is -0.486 e. The molecule has 1 heterocycles. The van der Waals surface area contributed by atoms with Crippen LogP contribution in [0, 0.1) is 5.82 Å². The van der Waals surface area contributed by atoms with Gasteiger partial charge in [-0.15, -0.1) is 0 Å². The first-order valence-electron chi connectivity index (χ1n) is 3.52. The summed E-state index contributed by atoms with van der Waals surface area (Å²) in [6, 6.07) is 3.28. The van der Waals surface area contributed by atoms with Crippen molar-refractivity contribution in [1.29, 1.82) is 0 Å². The number of rotatable bonds is 0. The summed E-state index contributed by atoms with van der Waals surface area (Å²) in [5.74, 6) is 0.282. The highest BCUT2D eigenvalue weighted by molar-refractivity contribution is 9.10. The van der Waals surface area contributed by atoms with Crippen molar-refractivity contribution in [3.8, 4) is 11.5 Å². The molecule has 2 nitrogen and oxygen atoms in total. The van der Waals surface area contributed by atoms with E-state index in [1.54, 1.807) is 12.1 Å². The molecule has 0 saturated heterocycles. The molecule has 0 spiro atoms. The van der Waals surface area contributed by atoms with Crippen LogP contribution in [0.1, 0.15) is 0 Å². The van der Waals surface area contributed by atoms with E-state index in [1.165, 1.54) is 0 Å². The summed E-state index contributed by atoms with van der Waals surface area (Å²) in [6.45, 7) is 0.883. The van der Waals surface area contributed by atoms with Crippen LogP contribution in [0.2, 0.25) is 0 Å². The third-order valence-corrected chi connectivity index (χ3v) is 2.21. The monoisotopic (exact) mass is 232 g/mol. The van der Waals surface area contributed by atoms with Crippen LogP contribution in [-0.4, -0.2) is 13.2 Å². The normalized spacial score (nSPS) is 14.5. The lowest BCUT2D eigenvalue weighted by Gasteiger charge is -2.18. The molecule has 0 atom stereocenters. The fourth-order valence-electron chi connectivity index (χ4n) is 1.06. The highest BCUT2D eigenvalue weighted by Gasteiger charge is 2.17. The SMILES string of the molecule is Fc1c(Br)ccc2c1OCCO2. The zero-order valence-electron chi connectivity index (χ0n) is 6.14. The molecule has 1 aliphatic heterocycles. The Morgan fingerprint density at radius 1 is 1.25 bits per heavy atom. The van der Waals surface area contributed by atoms with Gasteiger partial charge in [-0.25, -0.2) is 4.39 Å². The fourth-order valence-corrected chi connectivity index (χ4v) is 1.37. The second-order valence-corrected chi connectivity index (χ2v) is 3.24. The molecular weight excluding hydrogens is 227 g/mol. The molecule has 0 aliphatic carbocycles. The van der Waals surface area contributed by atoms with Crippen LogP contribution in [0.3, 0.4) is 0 Å². The van der Waals surface area contributed by atoms with Gasteiger partial charge in [0, 0.05) is 0 Å². The van der Waals surface area contributed by atoms with Crippen LogP contribution in [0.4, 0.5) is 4.39 Å². The van der Waals surface area contributed by atoms with E-state index >= 15 is 0 Å². The summed E-state index contributed by atoms with van der Waals surface area (Å²) < 4.78 is 23.9. The zero-order valence-corrected chi connectivity index (χ0v) is 7.73. The van der Waals surface area contributed by atoms with Crippen LogP contribution in [0.15, 0.2) is 16.6 Å². The second kappa shape index (κ2) is 2.94. The molecule has 12 heavy (non-hydrogen) atoms. The first-order chi connectivity index (χ1) is 5.79. The van der Waals surface area contributed by atoms with Crippen molar-refractivity contribution in [3.05, 3.63) is 22.4 Å². The molecule has 0 radical (unpaired) electrons. The third-order valence-electron chi connectivity index (χ3n) is 1.60. The largest absolute Gasteiger partial charge is 0.486 e. The predicted molar refractivity (Wildman–Crippen MR) is 45.1 cm³/mol. The van der Waals surface area contributed by atoms with Crippen molar-refractivity contribution in [2.75, 3.05) is 13.2 Å². The van der Waals surface area contributed by atoms with Gasteiger partial charge < -0.3 is 9.47 Å². The van der Waals surface area contributed by atoms with E-state index in [1.807, 2.05) is 0 Å². The molecule has 1 aromatic rings. The third kappa shape index (κ3) is 1.16. The van der Waals surface area contributed by atoms with Crippen molar-refractivity contribution in [2.45, 2.75) is 0 Å². The maximum Gasteiger partial charge on any atom is 0.198 e. The lowest BCUT2D eigenvalue weighted by molar-refractivity contribution is 0.164. The molecule has 1 aromatic carbocycles. The average Bonchev–Trinajstić information content (AvgIpc) is 2.12. The Hall–Kier alpha value is -0.770. The van der Waals surface area contributed by atoms with Gasteiger partial charge in [0.05, 0.1) is 4.47 Å². The Labute approximate surface area is 77.4 Å². The topological polar surface area (TPSA) is 18.5 Å². The summed E-state index contributed by atoms with van der Waals surface area (Å²) in [5, 5.41) is 0. The lowest BCUT2D eigenvalue weighted by Crippen LogP contribution is -2.16. The molecular formula is C8H6BrFO2. The Kier molecular flexibility index (Phi) is 1.92. The van der Waals surface area contributed by atoms with Crippen LogP contribution >= 0.6 is 15.9 Å². The summed E-state index contributed by atoms with van der Waals surface area (Å²) in [7, 11) is 0. The predicted octanol–water partition coefficient (Wildman–Crippen LogP) is 2.36. The maximum atomic E-state index is 13.2. The molecule has 2 rings (SSSR count). The first kappa shape index (κ1) is 7.86. The van der Waals surface area contributed by atoms with Gasteiger partial charge in [0.2, 0.25) is 0 Å². The standard InChI is InChI=1S/C8H6BrFO2/c9-5-1-2-6-8(7(5)10)12-4-3-11-6/h1-2H,3-4H2. The number of ether oxygens (including phenoxy) is 2. The highest BCUT2D eigenvalue weighted by atomic mass is 79.9. The summed E-state index contributed by atoms with van der Waals surface area (Å²) >= 11 is 3.06. The van der Waals surface area contributed by atoms with Crippen molar-refractivity contribution in [3.63, 3.8) is 0 Å². The van der Waals surface area contributed by atoms with E-state index in [0.717, 1.165) is 0 Å². The van der Waals surface area contributed by atoms with Crippen molar-refractivity contribution < 1.29 is 13.9 Å². The number of benzene rings is 1. The quantitative estimate of drug-likeness (QED) is 0.684. The number of hydrogen-bond acceptors (Lipinski definition) is 2. The molecule has 1 aliphatic rings. The number of halogens is 2. The van der Waals surface area contributed by atoms with Gasteiger partial charge in [-0.05, 0) is 28.1 Å². The van der Waals surface area contributed by atoms with Gasteiger partial charge in [0.25, 0.3) is 0 Å². The van der Waals surface area contributed by atoms with Crippen LogP contribution in [0.25, 0.3) is 0 Å².